The minimum Gasteiger partial charge on any atom is -0.262 e. The Hall–Kier alpha value is -1.69. The number of rotatable bonds is 6. The van der Waals surface area contributed by atoms with Crippen LogP contribution in [-0.2, 0) is 0 Å². The molecular weight excluding hydrogens is 276 g/mol. The minimum atomic E-state index is -0.158. The summed E-state index contributed by atoms with van der Waals surface area (Å²) >= 11 is 6.07. The van der Waals surface area contributed by atoms with E-state index in [1.54, 1.807) is 17.4 Å². The van der Waals surface area contributed by atoms with Gasteiger partial charge in [0, 0.05) is 13.3 Å². The van der Waals surface area contributed by atoms with Crippen molar-refractivity contribution < 1.29 is 0 Å². The van der Waals surface area contributed by atoms with Crippen LogP contribution in [0.2, 0.25) is 0 Å². The zero-order valence-corrected chi connectivity index (χ0v) is 13.3. The standard InChI is InChI=1S/C13H21ClN6/c1-6-9-12(14)16-11(7-2)13-18-17-10(4)20(13)19(5)15-8-3/h6,8-9,11H,7H2,1-5H3/b9-6+,15-8-,16-12+/t11-/m0/s1. The first-order valence-electron chi connectivity index (χ1n) is 6.55. The number of aryl methyl sites for hydroxylation is 1. The van der Waals surface area contributed by atoms with E-state index in [9.17, 15) is 0 Å². The van der Waals surface area contributed by atoms with E-state index in [1.807, 2.05) is 45.5 Å². The average Bonchev–Trinajstić information content (AvgIpc) is 2.78. The lowest BCUT2D eigenvalue weighted by Gasteiger charge is -2.19. The summed E-state index contributed by atoms with van der Waals surface area (Å²) in [5, 5.41) is 14.7. The first-order valence-corrected chi connectivity index (χ1v) is 6.93. The molecule has 1 aromatic rings. The summed E-state index contributed by atoms with van der Waals surface area (Å²) in [6, 6.07) is -0.158. The van der Waals surface area contributed by atoms with E-state index in [2.05, 4.69) is 20.3 Å². The number of aliphatic imine (C=N–C) groups is 1. The normalized spacial score (nSPS) is 14.4. The molecule has 0 bridgehead atoms. The Morgan fingerprint density at radius 3 is 2.70 bits per heavy atom. The Bertz CT molecular complexity index is 517. The third-order valence-electron chi connectivity index (χ3n) is 2.66. The van der Waals surface area contributed by atoms with E-state index in [-0.39, 0.29) is 6.04 Å². The highest BCUT2D eigenvalue weighted by atomic mass is 35.5. The third kappa shape index (κ3) is 3.90. The summed E-state index contributed by atoms with van der Waals surface area (Å²) in [5.74, 6) is 1.48. The molecule has 0 aliphatic carbocycles. The van der Waals surface area contributed by atoms with Gasteiger partial charge in [0.05, 0.1) is 0 Å². The monoisotopic (exact) mass is 296 g/mol. The van der Waals surface area contributed by atoms with Gasteiger partial charge in [-0.1, -0.05) is 24.6 Å². The van der Waals surface area contributed by atoms with E-state index in [1.165, 1.54) is 0 Å². The summed E-state index contributed by atoms with van der Waals surface area (Å²) in [4.78, 5) is 4.46. The lowest BCUT2D eigenvalue weighted by atomic mass is 10.2. The molecule has 0 saturated heterocycles. The van der Waals surface area contributed by atoms with Crippen LogP contribution in [0, 0.1) is 6.92 Å². The number of halogens is 1. The molecule has 20 heavy (non-hydrogen) atoms. The number of hydrogen-bond donors (Lipinski definition) is 0. The van der Waals surface area contributed by atoms with E-state index in [0.717, 1.165) is 18.1 Å². The molecule has 0 N–H and O–H groups in total. The fourth-order valence-corrected chi connectivity index (χ4v) is 2.06. The van der Waals surface area contributed by atoms with E-state index >= 15 is 0 Å². The van der Waals surface area contributed by atoms with E-state index in [0.29, 0.717) is 5.17 Å². The fraction of sp³-hybridized carbons (Fsp3) is 0.538. The van der Waals surface area contributed by atoms with Crippen LogP contribution in [0.1, 0.15) is 44.9 Å². The van der Waals surface area contributed by atoms with Gasteiger partial charge in [0.15, 0.2) is 11.6 Å². The molecule has 6 nitrogen and oxygen atoms in total. The van der Waals surface area contributed by atoms with Crippen LogP contribution in [0.15, 0.2) is 22.2 Å². The molecule has 1 rings (SSSR count). The lowest BCUT2D eigenvalue weighted by molar-refractivity contribution is 0.561. The maximum absolute atomic E-state index is 6.07. The molecule has 0 fully saturated rings. The van der Waals surface area contributed by atoms with Crippen molar-refractivity contribution in [3.63, 3.8) is 0 Å². The van der Waals surface area contributed by atoms with Crippen molar-refractivity contribution in [3.8, 4) is 0 Å². The van der Waals surface area contributed by atoms with Crippen molar-refractivity contribution in [1.29, 1.82) is 0 Å². The van der Waals surface area contributed by atoms with Crippen LogP contribution in [0.25, 0.3) is 0 Å². The lowest BCUT2D eigenvalue weighted by Crippen LogP contribution is -2.28. The SMILES string of the molecule is C/C=N\N(C)n1c(C)nnc1[C@H](CC)/N=C(Cl)\C=C\C. The fourth-order valence-electron chi connectivity index (χ4n) is 1.82. The van der Waals surface area contributed by atoms with Crippen LogP contribution < -0.4 is 5.12 Å². The molecule has 0 amide bonds. The van der Waals surface area contributed by atoms with Gasteiger partial charge in [-0.25, -0.2) is 9.79 Å². The largest absolute Gasteiger partial charge is 0.262 e. The highest BCUT2D eigenvalue weighted by molar-refractivity contribution is 6.68. The predicted octanol–water partition coefficient (Wildman–Crippen LogP) is 2.82. The number of hydrazone groups is 1. The second-order valence-electron chi connectivity index (χ2n) is 4.16. The topological polar surface area (TPSA) is 58.7 Å². The Morgan fingerprint density at radius 1 is 1.45 bits per heavy atom. The molecule has 0 saturated carbocycles. The van der Waals surface area contributed by atoms with Gasteiger partial charge in [0.25, 0.3) is 0 Å². The van der Waals surface area contributed by atoms with Crippen molar-refractivity contribution in [2.24, 2.45) is 10.1 Å². The van der Waals surface area contributed by atoms with E-state index < -0.39 is 0 Å². The van der Waals surface area contributed by atoms with Crippen LogP contribution >= 0.6 is 11.6 Å². The molecule has 0 aliphatic heterocycles. The Balaban J connectivity index is 3.20. The quantitative estimate of drug-likeness (QED) is 0.599. The van der Waals surface area contributed by atoms with Gasteiger partial charge in [-0.3, -0.25) is 4.99 Å². The van der Waals surface area contributed by atoms with Gasteiger partial charge in [-0.15, -0.1) is 10.2 Å². The summed E-state index contributed by atoms with van der Waals surface area (Å²) in [5.41, 5.74) is 0. The van der Waals surface area contributed by atoms with Gasteiger partial charge >= 0.3 is 0 Å². The Kier molecular flexibility index (Phi) is 6.38. The summed E-state index contributed by atoms with van der Waals surface area (Å²) in [6.45, 7) is 7.66. The summed E-state index contributed by atoms with van der Waals surface area (Å²) < 4.78 is 1.83. The van der Waals surface area contributed by atoms with Crippen LogP contribution in [0.3, 0.4) is 0 Å². The molecule has 0 radical (unpaired) electrons. The Labute approximate surface area is 124 Å². The van der Waals surface area contributed by atoms with Gasteiger partial charge in [0.1, 0.15) is 11.2 Å². The molecule has 0 aliphatic rings. The highest BCUT2D eigenvalue weighted by Gasteiger charge is 2.20. The number of hydrogen-bond acceptors (Lipinski definition) is 5. The second kappa shape index (κ2) is 7.79. The smallest absolute Gasteiger partial charge is 0.178 e. The molecule has 7 heteroatoms. The maximum Gasteiger partial charge on any atom is 0.178 e. The summed E-state index contributed by atoms with van der Waals surface area (Å²) in [6.07, 6.45) is 6.09. The molecule has 0 aromatic carbocycles. The third-order valence-corrected chi connectivity index (χ3v) is 2.88. The minimum absolute atomic E-state index is 0.158. The average molecular weight is 297 g/mol. The first-order chi connectivity index (χ1) is 9.54. The van der Waals surface area contributed by atoms with Gasteiger partial charge < -0.3 is 0 Å². The zero-order valence-electron chi connectivity index (χ0n) is 12.6. The van der Waals surface area contributed by atoms with Gasteiger partial charge in [0.2, 0.25) is 0 Å². The molecule has 0 spiro atoms. The molecule has 1 aromatic heterocycles. The van der Waals surface area contributed by atoms with Gasteiger partial charge in [-0.05, 0) is 33.3 Å². The molecule has 1 heterocycles. The first kappa shape index (κ1) is 16.4. The predicted molar refractivity (Wildman–Crippen MR) is 84.2 cm³/mol. The van der Waals surface area contributed by atoms with Crippen molar-refractivity contribution in [3.05, 3.63) is 23.8 Å². The number of nitrogens with zero attached hydrogens (tertiary/aromatic N) is 6. The molecule has 0 unspecified atom stereocenters. The van der Waals surface area contributed by atoms with Crippen molar-refractivity contribution in [2.75, 3.05) is 12.2 Å². The van der Waals surface area contributed by atoms with Crippen molar-refractivity contribution >= 4 is 23.0 Å². The zero-order chi connectivity index (χ0) is 15.1. The second-order valence-corrected chi connectivity index (χ2v) is 4.54. The van der Waals surface area contributed by atoms with Crippen molar-refractivity contribution in [1.82, 2.24) is 14.9 Å². The van der Waals surface area contributed by atoms with Crippen LogP contribution in [0.4, 0.5) is 0 Å². The van der Waals surface area contributed by atoms with Gasteiger partial charge in [-0.2, -0.15) is 5.10 Å². The Morgan fingerprint density at radius 2 is 2.15 bits per heavy atom. The molecule has 1 atom stereocenters. The van der Waals surface area contributed by atoms with Crippen LogP contribution in [0.5, 0.6) is 0 Å². The summed E-state index contributed by atoms with van der Waals surface area (Å²) in [7, 11) is 1.84. The highest BCUT2D eigenvalue weighted by Crippen LogP contribution is 2.21. The van der Waals surface area contributed by atoms with Crippen molar-refractivity contribution in [2.45, 2.75) is 40.2 Å². The molecular formula is C13H21ClN6. The maximum atomic E-state index is 6.07. The number of allylic oxidation sites excluding steroid dienone is 2. The van der Waals surface area contributed by atoms with E-state index in [4.69, 9.17) is 11.6 Å². The number of aromatic nitrogens is 3. The van der Waals surface area contributed by atoms with Crippen LogP contribution in [-0.4, -0.2) is 33.3 Å². The molecule has 110 valence electrons.